The van der Waals surface area contributed by atoms with E-state index in [1.807, 2.05) is 6.92 Å². The lowest BCUT2D eigenvalue weighted by Gasteiger charge is -2.22. The standard InChI is InChI=1S/C11H15N3O2S/c1-6-7(12)5-9(17-6)11(16)14-8-3-2-4-13-10(8)15/h5,8H,2-4,12H2,1H3,(H,13,15)(H,14,16). The van der Waals surface area contributed by atoms with Gasteiger partial charge in [-0.25, -0.2) is 0 Å². The number of nitrogen functional groups attached to an aromatic ring is 1. The van der Waals surface area contributed by atoms with Gasteiger partial charge in [-0.2, -0.15) is 0 Å². The van der Waals surface area contributed by atoms with Crippen LogP contribution in [0, 0.1) is 6.92 Å². The molecule has 2 amide bonds. The predicted molar refractivity (Wildman–Crippen MR) is 67.0 cm³/mol. The Morgan fingerprint density at radius 3 is 3.00 bits per heavy atom. The van der Waals surface area contributed by atoms with E-state index in [9.17, 15) is 9.59 Å². The molecule has 0 spiro atoms. The molecule has 1 saturated heterocycles. The average Bonchev–Trinajstić information content (AvgIpc) is 2.63. The number of anilines is 1. The van der Waals surface area contributed by atoms with Crippen molar-refractivity contribution in [2.45, 2.75) is 25.8 Å². The van der Waals surface area contributed by atoms with Crippen molar-refractivity contribution >= 4 is 28.8 Å². The molecule has 1 unspecified atom stereocenters. The van der Waals surface area contributed by atoms with Crippen LogP contribution in [-0.2, 0) is 4.79 Å². The summed E-state index contributed by atoms with van der Waals surface area (Å²) in [6.45, 7) is 2.56. The fourth-order valence-corrected chi connectivity index (χ4v) is 2.59. The predicted octanol–water partition coefficient (Wildman–Crippen LogP) is 0.647. The summed E-state index contributed by atoms with van der Waals surface area (Å²) in [5.41, 5.74) is 6.31. The molecule has 1 aromatic heterocycles. The van der Waals surface area contributed by atoms with E-state index in [1.165, 1.54) is 11.3 Å². The molecule has 1 aliphatic rings. The van der Waals surface area contributed by atoms with Crippen molar-refractivity contribution in [2.24, 2.45) is 0 Å². The third-order valence-electron chi connectivity index (χ3n) is 2.77. The summed E-state index contributed by atoms with van der Waals surface area (Å²) in [4.78, 5) is 24.8. The summed E-state index contributed by atoms with van der Waals surface area (Å²) in [6, 6.07) is 1.23. The van der Waals surface area contributed by atoms with E-state index in [2.05, 4.69) is 10.6 Å². The van der Waals surface area contributed by atoms with E-state index in [1.54, 1.807) is 6.07 Å². The van der Waals surface area contributed by atoms with Crippen LogP contribution in [0.4, 0.5) is 5.69 Å². The number of amides is 2. The molecule has 17 heavy (non-hydrogen) atoms. The first kappa shape index (κ1) is 11.9. The van der Waals surface area contributed by atoms with Crippen molar-refractivity contribution in [2.75, 3.05) is 12.3 Å². The number of rotatable bonds is 2. The van der Waals surface area contributed by atoms with Gasteiger partial charge >= 0.3 is 0 Å². The first-order valence-corrected chi connectivity index (χ1v) is 6.34. The molecule has 2 heterocycles. The molecule has 0 radical (unpaired) electrons. The zero-order valence-electron chi connectivity index (χ0n) is 9.58. The van der Waals surface area contributed by atoms with Gasteiger partial charge in [-0.15, -0.1) is 11.3 Å². The second-order valence-corrected chi connectivity index (χ2v) is 5.34. The SMILES string of the molecule is Cc1sc(C(=O)NC2CCCNC2=O)cc1N. The second kappa shape index (κ2) is 4.75. The Kier molecular flexibility index (Phi) is 3.33. The third-order valence-corrected chi connectivity index (χ3v) is 3.84. The molecular weight excluding hydrogens is 238 g/mol. The second-order valence-electron chi connectivity index (χ2n) is 4.08. The molecule has 1 fully saturated rings. The molecule has 2 rings (SSSR count). The zero-order valence-corrected chi connectivity index (χ0v) is 10.4. The van der Waals surface area contributed by atoms with Crippen molar-refractivity contribution in [3.8, 4) is 0 Å². The number of aryl methyl sites for hydroxylation is 1. The minimum absolute atomic E-state index is 0.106. The fraction of sp³-hybridized carbons (Fsp3) is 0.455. The number of nitrogens with one attached hydrogen (secondary N) is 2. The van der Waals surface area contributed by atoms with E-state index in [0.29, 0.717) is 23.5 Å². The maximum atomic E-state index is 11.9. The molecule has 0 bridgehead atoms. The first-order chi connectivity index (χ1) is 8.08. The van der Waals surface area contributed by atoms with E-state index in [0.717, 1.165) is 11.3 Å². The van der Waals surface area contributed by atoms with Crippen LogP contribution in [0.2, 0.25) is 0 Å². The minimum Gasteiger partial charge on any atom is -0.398 e. The van der Waals surface area contributed by atoms with E-state index in [-0.39, 0.29) is 11.8 Å². The normalized spacial score (nSPS) is 19.8. The summed E-state index contributed by atoms with van der Waals surface area (Å²) in [7, 11) is 0. The Bertz CT molecular complexity index is 436. The van der Waals surface area contributed by atoms with Crippen LogP contribution < -0.4 is 16.4 Å². The quantitative estimate of drug-likeness (QED) is 0.723. The van der Waals surface area contributed by atoms with E-state index < -0.39 is 6.04 Å². The van der Waals surface area contributed by atoms with Crippen LogP contribution in [0.3, 0.4) is 0 Å². The van der Waals surface area contributed by atoms with Gasteiger partial charge in [0.15, 0.2) is 0 Å². The number of carbonyl (C=O) groups is 2. The number of hydrogen-bond donors (Lipinski definition) is 3. The Hall–Kier alpha value is -1.56. The number of piperidine rings is 1. The lowest BCUT2D eigenvalue weighted by molar-refractivity contribution is -0.124. The molecule has 4 N–H and O–H groups in total. The van der Waals surface area contributed by atoms with Crippen LogP contribution in [0.25, 0.3) is 0 Å². The molecule has 1 aromatic rings. The Labute approximate surface area is 103 Å². The molecule has 1 atom stereocenters. The van der Waals surface area contributed by atoms with Gasteiger partial charge in [0.2, 0.25) is 5.91 Å². The monoisotopic (exact) mass is 253 g/mol. The van der Waals surface area contributed by atoms with Gasteiger partial charge < -0.3 is 16.4 Å². The maximum Gasteiger partial charge on any atom is 0.262 e. The largest absolute Gasteiger partial charge is 0.398 e. The lowest BCUT2D eigenvalue weighted by Crippen LogP contribution is -2.50. The van der Waals surface area contributed by atoms with Crippen LogP contribution in [-0.4, -0.2) is 24.4 Å². The van der Waals surface area contributed by atoms with Gasteiger partial charge in [0.05, 0.1) is 4.88 Å². The summed E-state index contributed by atoms with van der Waals surface area (Å²) in [6.07, 6.45) is 1.58. The highest BCUT2D eigenvalue weighted by Gasteiger charge is 2.24. The maximum absolute atomic E-state index is 11.9. The van der Waals surface area contributed by atoms with Gasteiger partial charge in [-0.05, 0) is 25.8 Å². The summed E-state index contributed by atoms with van der Waals surface area (Å²) < 4.78 is 0. The highest BCUT2D eigenvalue weighted by molar-refractivity contribution is 7.14. The molecule has 5 nitrogen and oxygen atoms in total. The van der Waals surface area contributed by atoms with Gasteiger partial charge in [-0.1, -0.05) is 0 Å². The molecule has 0 saturated carbocycles. The fourth-order valence-electron chi connectivity index (χ4n) is 1.75. The van der Waals surface area contributed by atoms with Crippen LogP contribution >= 0.6 is 11.3 Å². The topological polar surface area (TPSA) is 84.2 Å². The summed E-state index contributed by atoms with van der Waals surface area (Å²) in [5, 5.41) is 5.46. The van der Waals surface area contributed by atoms with Gasteiger partial charge in [0.25, 0.3) is 5.91 Å². The molecule has 92 valence electrons. The van der Waals surface area contributed by atoms with Gasteiger partial charge in [0.1, 0.15) is 6.04 Å². The van der Waals surface area contributed by atoms with Crippen molar-refractivity contribution in [3.63, 3.8) is 0 Å². The van der Waals surface area contributed by atoms with Crippen molar-refractivity contribution in [3.05, 3.63) is 15.8 Å². The Morgan fingerprint density at radius 1 is 1.65 bits per heavy atom. The molecular formula is C11H15N3O2S. The van der Waals surface area contributed by atoms with Gasteiger partial charge in [-0.3, -0.25) is 9.59 Å². The number of carbonyl (C=O) groups excluding carboxylic acids is 2. The highest BCUT2D eigenvalue weighted by atomic mass is 32.1. The molecule has 0 aromatic carbocycles. The first-order valence-electron chi connectivity index (χ1n) is 5.52. The number of hydrogen-bond acceptors (Lipinski definition) is 4. The van der Waals surface area contributed by atoms with E-state index >= 15 is 0 Å². The average molecular weight is 253 g/mol. The Balaban J connectivity index is 2.03. The number of thiophene rings is 1. The lowest BCUT2D eigenvalue weighted by atomic mass is 10.1. The van der Waals surface area contributed by atoms with Crippen LogP contribution in [0.1, 0.15) is 27.4 Å². The van der Waals surface area contributed by atoms with Gasteiger partial charge in [0, 0.05) is 17.1 Å². The highest BCUT2D eigenvalue weighted by Crippen LogP contribution is 2.23. The third kappa shape index (κ3) is 2.58. The molecule has 1 aliphatic heterocycles. The minimum atomic E-state index is -0.417. The number of nitrogens with two attached hydrogens (primary N) is 1. The van der Waals surface area contributed by atoms with Crippen LogP contribution in [0.5, 0.6) is 0 Å². The Morgan fingerprint density at radius 2 is 2.41 bits per heavy atom. The van der Waals surface area contributed by atoms with E-state index in [4.69, 9.17) is 5.73 Å². The van der Waals surface area contributed by atoms with Crippen LogP contribution in [0.15, 0.2) is 6.07 Å². The van der Waals surface area contributed by atoms with Crippen molar-refractivity contribution < 1.29 is 9.59 Å². The molecule has 6 heteroatoms. The summed E-state index contributed by atoms with van der Waals surface area (Å²) >= 11 is 1.34. The van der Waals surface area contributed by atoms with Crippen molar-refractivity contribution in [1.82, 2.24) is 10.6 Å². The molecule has 0 aliphatic carbocycles. The van der Waals surface area contributed by atoms with Crippen molar-refractivity contribution in [1.29, 1.82) is 0 Å². The summed E-state index contributed by atoms with van der Waals surface area (Å²) in [5.74, 6) is -0.331. The zero-order chi connectivity index (χ0) is 12.4. The smallest absolute Gasteiger partial charge is 0.262 e.